The van der Waals surface area contributed by atoms with Crippen molar-refractivity contribution in [1.82, 2.24) is 4.90 Å². The summed E-state index contributed by atoms with van der Waals surface area (Å²) < 4.78 is 39.8. The van der Waals surface area contributed by atoms with Crippen LogP contribution in [-0.2, 0) is 0 Å². The Hall–Kier alpha value is -1.07. The second-order valence-electron chi connectivity index (χ2n) is 4.92. The molecule has 0 aliphatic heterocycles. The van der Waals surface area contributed by atoms with Crippen molar-refractivity contribution in [1.29, 1.82) is 0 Å². The molecular formula is C13H17F3N2. The van der Waals surface area contributed by atoms with Crippen molar-refractivity contribution < 1.29 is 13.2 Å². The fourth-order valence-corrected chi connectivity index (χ4v) is 2.17. The van der Waals surface area contributed by atoms with Crippen LogP contribution < -0.4 is 5.73 Å². The molecule has 0 bridgehead atoms. The maximum atomic E-state index is 13.7. The van der Waals surface area contributed by atoms with Crippen molar-refractivity contribution in [3.05, 3.63) is 35.1 Å². The van der Waals surface area contributed by atoms with Crippen molar-refractivity contribution in [2.75, 3.05) is 20.1 Å². The third kappa shape index (κ3) is 2.84. The molecule has 1 aliphatic rings. The first-order chi connectivity index (χ1) is 8.52. The zero-order valence-electron chi connectivity index (χ0n) is 10.3. The predicted molar refractivity (Wildman–Crippen MR) is 63.5 cm³/mol. The molecular weight excluding hydrogens is 241 g/mol. The molecule has 18 heavy (non-hydrogen) atoms. The van der Waals surface area contributed by atoms with E-state index in [4.69, 9.17) is 5.73 Å². The smallest absolute Gasteiger partial charge is 0.161 e. The summed E-state index contributed by atoms with van der Waals surface area (Å²) in [4.78, 5) is 1.91. The van der Waals surface area contributed by atoms with E-state index in [-0.39, 0.29) is 12.1 Å². The highest BCUT2D eigenvalue weighted by Gasteiger charge is 2.28. The Balaban J connectivity index is 2.22. The Labute approximate surface area is 105 Å². The van der Waals surface area contributed by atoms with Crippen LogP contribution >= 0.6 is 0 Å². The molecule has 1 atom stereocenters. The molecule has 1 saturated carbocycles. The summed E-state index contributed by atoms with van der Waals surface area (Å²) >= 11 is 0. The van der Waals surface area contributed by atoms with Gasteiger partial charge >= 0.3 is 0 Å². The highest BCUT2D eigenvalue weighted by Crippen LogP contribution is 2.32. The second kappa shape index (κ2) is 5.28. The minimum Gasteiger partial charge on any atom is -0.329 e. The summed E-state index contributed by atoms with van der Waals surface area (Å²) in [7, 11) is 1.83. The largest absolute Gasteiger partial charge is 0.329 e. The maximum absolute atomic E-state index is 13.7. The Kier molecular flexibility index (Phi) is 3.92. The molecule has 0 amide bonds. The summed E-state index contributed by atoms with van der Waals surface area (Å²) in [6, 6.07) is 1.07. The number of nitrogens with two attached hydrogens (primary N) is 1. The number of benzene rings is 1. The molecule has 0 aromatic heterocycles. The minimum absolute atomic E-state index is 0.125. The van der Waals surface area contributed by atoms with Crippen LogP contribution in [0.25, 0.3) is 0 Å². The van der Waals surface area contributed by atoms with Gasteiger partial charge in [-0.15, -0.1) is 0 Å². The average Bonchev–Trinajstić information content (AvgIpc) is 3.10. The minimum atomic E-state index is -1.17. The van der Waals surface area contributed by atoms with E-state index in [2.05, 4.69) is 0 Å². The van der Waals surface area contributed by atoms with E-state index in [1.54, 1.807) is 0 Å². The maximum Gasteiger partial charge on any atom is 0.161 e. The van der Waals surface area contributed by atoms with Gasteiger partial charge in [-0.25, -0.2) is 13.2 Å². The molecule has 0 spiro atoms. The van der Waals surface area contributed by atoms with Crippen molar-refractivity contribution in [2.45, 2.75) is 18.9 Å². The predicted octanol–water partition coefficient (Wildman–Crippen LogP) is 2.45. The molecule has 0 heterocycles. The molecule has 0 radical (unpaired) electrons. The van der Waals surface area contributed by atoms with Crippen LogP contribution in [0.2, 0.25) is 0 Å². The highest BCUT2D eigenvalue weighted by atomic mass is 19.2. The molecule has 1 aromatic rings. The molecule has 0 saturated heterocycles. The number of halogens is 3. The van der Waals surface area contributed by atoms with Gasteiger partial charge in [0.2, 0.25) is 0 Å². The van der Waals surface area contributed by atoms with Gasteiger partial charge < -0.3 is 5.73 Å². The Morgan fingerprint density at radius 1 is 1.22 bits per heavy atom. The molecule has 1 aliphatic carbocycles. The SMILES string of the molecule is CN(CC1CC1)C(CN)c1cc(F)c(F)cc1F. The Morgan fingerprint density at radius 3 is 2.39 bits per heavy atom. The zero-order valence-corrected chi connectivity index (χ0v) is 10.3. The molecule has 1 unspecified atom stereocenters. The first kappa shape index (κ1) is 13.4. The van der Waals surface area contributed by atoms with E-state index in [9.17, 15) is 13.2 Å². The number of likely N-dealkylation sites (N-methyl/N-ethyl adjacent to an activating group) is 1. The van der Waals surface area contributed by atoms with E-state index in [1.807, 2.05) is 11.9 Å². The Bertz CT molecular complexity index is 432. The van der Waals surface area contributed by atoms with E-state index >= 15 is 0 Å². The van der Waals surface area contributed by atoms with Crippen LogP contribution in [0.3, 0.4) is 0 Å². The molecule has 2 nitrogen and oxygen atoms in total. The second-order valence-corrected chi connectivity index (χ2v) is 4.92. The van der Waals surface area contributed by atoms with E-state index < -0.39 is 23.5 Å². The van der Waals surface area contributed by atoms with Gasteiger partial charge in [0.1, 0.15) is 5.82 Å². The van der Waals surface area contributed by atoms with Crippen molar-refractivity contribution in [3.8, 4) is 0 Å². The number of nitrogens with zero attached hydrogens (tertiary/aromatic N) is 1. The van der Waals surface area contributed by atoms with Crippen molar-refractivity contribution in [2.24, 2.45) is 11.7 Å². The number of hydrogen-bond acceptors (Lipinski definition) is 2. The number of hydrogen-bond donors (Lipinski definition) is 1. The molecule has 100 valence electrons. The van der Waals surface area contributed by atoms with Crippen LogP contribution in [0, 0.1) is 23.4 Å². The average molecular weight is 258 g/mol. The summed E-state index contributed by atoms with van der Waals surface area (Å²) in [6.45, 7) is 0.978. The summed E-state index contributed by atoms with van der Waals surface area (Å²) in [5.41, 5.74) is 5.76. The first-order valence-corrected chi connectivity index (χ1v) is 6.07. The normalized spacial score (nSPS) is 17.2. The van der Waals surface area contributed by atoms with Gasteiger partial charge in [0.05, 0.1) is 0 Å². The van der Waals surface area contributed by atoms with Gasteiger partial charge in [0, 0.05) is 30.8 Å². The summed E-state index contributed by atoms with van der Waals surface area (Å²) in [5, 5.41) is 0. The van der Waals surface area contributed by atoms with Gasteiger partial charge in [-0.3, -0.25) is 4.90 Å². The van der Waals surface area contributed by atoms with Crippen LogP contribution in [0.15, 0.2) is 12.1 Å². The molecule has 5 heteroatoms. The quantitative estimate of drug-likeness (QED) is 0.822. The topological polar surface area (TPSA) is 29.3 Å². The third-order valence-electron chi connectivity index (χ3n) is 3.40. The molecule has 2 N–H and O–H groups in total. The monoisotopic (exact) mass is 258 g/mol. The van der Waals surface area contributed by atoms with Crippen molar-refractivity contribution in [3.63, 3.8) is 0 Å². The first-order valence-electron chi connectivity index (χ1n) is 6.07. The van der Waals surface area contributed by atoms with Crippen LogP contribution in [0.5, 0.6) is 0 Å². The van der Waals surface area contributed by atoms with Gasteiger partial charge in [-0.05, 0) is 31.9 Å². The summed E-state index contributed by atoms with van der Waals surface area (Å²) in [6.07, 6.45) is 2.34. The molecule has 1 fully saturated rings. The van der Waals surface area contributed by atoms with Gasteiger partial charge in [-0.2, -0.15) is 0 Å². The third-order valence-corrected chi connectivity index (χ3v) is 3.40. The summed E-state index contributed by atoms with van der Waals surface area (Å²) in [5.74, 6) is -2.33. The lowest BCUT2D eigenvalue weighted by molar-refractivity contribution is 0.234. The fourth-order valence-electron chi connectivity index (χ4n) is 2.17. The Morgan fingerprint density at radius 2 is 1.83 bits per heavy atom. The lowest BCUT2D eigenvalue weighted by Crippen LogP contribution is -2.32. The molecule has 1 aromatic carbocycles. The van der Waals surface area contributed by atoms with E-state index in [1.165, 1.54) is 12.8 Å². The van der Waals surface area contributed by atoms with Gasteiger partial charge in [-0.1, -0.05) is 0 Å². The zero-order chi connectivity index (χ0) is 13.3. The number of rotatable bonds is 5. The van der Waals surface area contributed by atoms with Crippen molar-refractivity contribution >= 4 is 0 Å². The standard InChI is InChI=1S/C13H17F3N2/c1-18(7-8-2-3-8)13(6-17)9-4-11(15)12(16)5-10(9)14/h4-5,8,13H,2-3,6-7,17H2,1H3. The van der Waals surface area contributed by atoms with Crippen LogP contribution in [0.4, 0.5) is 13.2 Å². The van der Waals surface area contributed by atoms with Gasteiger partial charge in [0.25, 0.3) is 0 Å². The van der Waals surface area contributed by atoms with E-state index in [0.717, 1.165) is 12.6 Å². The van der Waals surface area contributed by atoms with Crippen LogP contribution in [0.1, 0.15) is 24.4 Å². The van der Waals surface area contributed by atoms with E-state index in [0.29, 0.717) is 12.0 Å². The fraction of sp³-hybridized carbons (Fsp3) is 0.538. The van der Waals surface area contributed by atoms with Gasteiger partial charge in [0.15, 0.2) is 11.6 Å². The lowest BCUT2D eigenvalue weighted by Gasteiger charge is -2.27. The highest BCUT2D eigenvalue weighted by molar-refractivity contribution is 5.24. The molecule has 2 rings (SSSR count). The lowest BCUT2D eigenvalue weighted by atomic mass is 10.0. The van der Waals surface area contributed by atoms with Crippen LogP contribution in [-0.4, -0.2) is 25.0 Å².